The van der Waals surface area contributed by atoms with Gasteiger partial charge in [0.1, 0.15) is 17.2 Å². The van der Waals surface area contributed by atoms with Crippen LogP contribution in [0.25, 0.3) is 0 Å². The lowest BCUT2D eigenvalue weighted by atomic mass is 9.83. The summed E-state index contributed by atoms with van der Waals surface area (Å²) in [6.07, 6.45) is -2.87. The van der Waals surface area contributed by atoms with E-state index in [-0.39, 0.29) is 17.4 Å². The van der Waals surface area contributed by atoms with Crippen LogP contribution in [0.5, 0.6) is 17.2 Å². The number of rotatable bonds is 7. The largest absolute Gasteiger partial charge is 0.573 e. The Kier molecular flexibility index (Phi) is 7.69. The summed E-state index contributed by atoms with van der Waals surface area (Å²) in [6, 6.07) is 18.4. The number of para-hydroxylation sites is 1. The summed E-state index contributed by atoms with van der Waals surface area (Å²) >= 11 is 0. The molecule has 0 radical (unpaired) electrons. The molecule has 3 aromatic carbocycles. The average molecular weight is 500 g/mol. The second-order valence-electron chi connectivity index (χ2n) is 9.05. The Morgan fingerprint density at radius 1 is 0.972 bits per heavy atom. The van der Waals surface area contributed by atoms with Crippen molar-refractivity contribution in [3.8, 4) is 17.2 Å². The minimum Gasteiger partial charge on any atom is -0.457 e. The topological polar surface area (TPSA) is 62.8 Å². The lowest BCUT2D eigenvalue weighted by Crippen LogP contribution is -2.28. The molecule has 0 spiro atoms. The van der Waals surface area contributed by atoms with Crippen molar-refractivity contribution in [3.63, 3.8) is 0 Å². The first kappa shape index (κ1) is 25.4. The number of fused-ring (bicyclic) bond motifs is 1. The molecule has 0 heterocycles. The van der Waals surface area contributed by atoms with Crippen molar-refractivity contribution in [1.82, 2.24) is 4.90 Å². The summed E-state index contributed by atoms with van der Waals surface area (Å²) in [5, 5.41) is 5.31. The van der Waals surface area contributed by atoms with Crippen LogP contribution >= 0.6 is 0 Å². The van der Waals surface area contributed by atoms with Crippen molar-refractivity contribution in [2.75, 3.05) is 31.3 Å². The SMILES string of the molecule is CN(C)CC1CCc2cc(NC(=O)Nc3ccc(Oc4ccccc4)cc3)cc(OC(F)(F)F)c2C1. The Balaban J connectivity index is 1.44. The highest BCUT2D eigenvalue weighted by molar-refractivity contribution is 6.00. The second kappa shape index (κ2) is 10.9. The van der Waals surface area contributed by atoms with Crippen LogP contribution in [0.3, 0.4) is 0 Å². The van der Waals surface area contributed by atoms with Gasteiger partial charge in [0, 0.05) is 24.0 Å². The van der Waals surface area contributed by atoms with E-state index in [0.29, 0.717) is 35.6 Å². The fraction of sp³-hybridized carbons (Fsp3) is 0.296. The first-order chi connectivity index (χ1) is 17.1. The first-order valence-corrected chi connectivity index (χ1v) is 11.6. The van der Waals surface area contributed by atoms with E-state index in [1.165, 1.54) is 6.07 Å². The van der Waals surface area contributed by atoms with Gasteiger partial charge in [-0.25, -0.2) is 4.79 Å². The van der Waals surface area contributed by atoms with Crippen molar-refractivity contribution in [2.45, 2.75) is 25.6 Å². The third kappa shape index (κ3) is 7.14. The van der Waals surface area contributed by atoms with Gasteiger partial charge in [-0.05, 0) is 92.9 Å². The first-order valence-electron chi connectivity index (χ1n) is 11.6. The lowest BCUT2D eigenvalue weighted by Gasteiger charge is -2.29. The van der Waals surface area contributed by atoms with E-state index in [1.54, 1.807) is 30.3 Å². The van der Waals surface area contributed by atoms with Gasteiger partial charge in [-0.2, -0.15) is 0 Å². The lowest BCUT2D eigenvalue weighted by molar-refractivity contribution is -0.274. The molecule has 0 saturated heterocycles. The number of nitrogens with zero attached hydrogens (tertiary/aromatic N) is 1. The monoisotopic (exact) mass is 499 g/mol. The summed E-state index contributed by atoms with van der Waals surface area (Å²) in [4.78, 5) is 14.6. The van der Waals surface area contributed by atoms with Crippen molar-refractivity contribution >= 4 is 17.4 Å². The molecule has 2 N–H and O–H groups in total. The quantitative estimate of drug-likeness (QED) is 0.380. The fourth-order valence-corrected chi connectivity index (χ4v) is 4.39. The molecule has 6 nitrogen and oxygen atoms in total. The van der Waals surface area contributed by atoms with E-state index in [2.05, 4.69) is 15.4 Å². The number of benzene rings is 3. The molecule has 0 aliphatic heterocycles. The molecule has 9 heteroatoms. The molecule has 4 rings (SSSR count). The number of aryl methyl sites for hydroxylation is 1. The fourth-order valence-electron chi connectivity index (χ4n) is 4.39. The van der Waals surface area contributed by atoms with Crippen molar-refractivity contribution in [2.24, 2.45) is 5.92 Å². The third-order valence-corrected chi connectivity index (χ3v) is 5.81. The average Bonchev–Trinajstić information content (AvgIpc) is 2.80. The predicted octanol–water partition coefficient (Wildman–Crippen LogP) is 6.69. The Bertz CT molecular complexity index is 1180. The maximum Gasteiger partial charge on any atom is 0.573 e. The van der Waals surface area contributed by atoms with Crippen LogP contribution in [0.1, 0.15) is 17.5 Å². The summed E-state index contributed by atoms with van der Waals surface area (Å²) in [6.45, 7) is 0.780. The smallest absolute Gasteiger partial charge is 0.457 e. The number of nitrogens with one attached hydrogen (secondary N) is 2. The molecule has 1 aliphatic rings. The van der Waals surface area contributed by atoms with Gasteiger partial charge in [-0.15, -0.1) is 13.2 Å². The van der Waals surface area contributed by atoms with Gasteiger partial charge in [0.05, 0.1) is 0 Å². The van der Waals surface area contributed by atoms with Crippen molar-refractivity contribution in [1.29, 1.82) is 0 Å². The number of anilines is 2. The summed E-state index contributed by atoms with van der Waals surface area (Å²) in [5.41, 5.74) is 2.04. The minimum absolute atomic E-state index is 0.235. The van der Waals surface area contributed by atoms with E-state index in [4.69, 9.17) is 4.74 Å². The standard InChI is InChI=1S/C27H28F3N3O3/c1-33(2)17-18-8-9-19-15-21(16-25(24(19)14-18)36-27(28,29)30)32-26(34)31-20-10-12-23(13-11-20)35-22-6-4-3-5-7-22/h3-7,10-13,15-16,18H,8-9,14,17H2,1-2H3,(H2,31,32,34). The van der Waals surface area contributed by atoms with Crippen LogP contribution in [0.15, 0.2) is 66.7 Å². The number of hydrogen-bond donors (Lipinski definition) is 2. The van der Waals surface area contributed by atoms with Crippen molar-refractivity contribution < 1.29 is 27.4 Å². The van der Waals surface area contributed by atoms with Gasteiger partial charge in [-0.1, -0.05) is 18.2 Å². The number of halogens is 3. The van der Waals surface area contributed by atoms with Gasteiger partial charge in [0.2, 0.25) is 0 Å². The molecule has 2 amide bonds. The number of ether oxygens (including phenoxy) is 2. The molecular weight excluding hydrogens is 471 g/mol. The van der Waals surface area contributed by atoms with Crippen molar-refractivity contribution in [3.05, 3.63) is 77.9 Å². The molecule has 1 unspecified atom stereocenters. The Morgan fingerprint density at radius 2 is 1.64 bits per heavy atom. The third-order valence-electron chi connectivity index (χ3n) is 5.81. The zero-order valence-electron chi connectivity index (χ0n) is 20.1. The number of carbonyl (C=O) groups is 1. The molecule has 0 bridgehead atoms. The van der Waals surface area contributed by atoms with Gasteiger partial charge in [0.25, 0.3) is 0 Å². The zero-order chi connectivity index (χ0) is 25.7. The van der Waals surface area contributed by atoms with Crippen LogP contribution in [-0.4, -0.2) is 37.9 Å². The van der Waals surface area contributed by atoms with Crippen LogP contribution < -0.4 is 20.1 Å². The molecule has 36 heavy (non-hydrogen) atoms. The minimum atomic E-state index is -4.83. The van der Waals surface area contributed by atoms with E-state index in [1.807, 2.05) is 49.3 Å². The summed E-state index contributed by atoms with van der Waals surface area (Å²) in [5.74, 6) is 1.26. The maximum atomic E-state index is 13.1. The molecule has 0 aromatic heterocycles. The van der Waals surface area contributed by atoms with Gasteiger partial charge in [0.15, 0.2) is 0 Å². The zero-order valence-corrected chi connectivity index (χ0v) is 20.1. The molecule has 1 atom stereocenters. The predicted molar refractivity (Wildman–Crippen MR) is 133 cm³/mol. The molecule has 0 saturated carbocycles. The number of amides is 2. The molecule has 3 aromatic rings. The number of carbonyl (C=O) groups excluding carboxylic acids is 1. The van der Waals surface area contributed by atoms with E-state index in [0.717, 1.165) is 18.5 Å². The van der Waals surface area contributed by atoms with E-state index in [9.17, 15) is 18.0 Å². The number of alkyl halides is 3. The van der Waals surface area contributed by atoms with Gasteiger partial charge >= 0.3 is 12.4 Å². The molecule has 1 aliphatic carbocycles. The Labute approximate surface area is 208 Å². The van der Waals surface area contributed by atoms with E-state index >= 15 is 0 Å². The molecule has 190 valence electrons. The highest BCUT2D eigenvalue weighted by atomic mass is 19.4. The number of hydrogen-bond acceptors (Lipinski definition) is 4. The van der Waals surface area contributed by atoms with E-state index < -0.39 is 12.4 Å². The van der Waals surface area contributed by atoms with Gasteiger partial charge in [-0.3, -0.25) is 0 Å². The van der Waals surface area contributed by atoms with Gasteiger partial charge < -0.3 is 25.0 Å². The molecule has 0 fully saturated rings. The normalized spacial score (nSPS) is 15.2. The van der Waals surface area contributed by atoms with Crippen LogP contribution in [0, 0.1) is 5.92 Å². The maximum absolute atomic E-state index is 13.1. The Hall–Kier alpha value is -3.72. The van der Waals surface area contributed by atoms with Crippen LogP contribution in [-0.2, 0) is 12.8 Å². The van der Waals surface area contributed by atoms with Crippen LogP contribution in [0.4, 0.5) is 29.3 Å². The second-order valence-corrected chi connectivity index (χ2v) is 9.05. The summed E-state index contributed by atoms with van der Waals surface area (Å²) < 4.78 is 49.5. The highest BCUT2D eigenvalue weighted by Gasteiger charge is 2.34. The summed E-state index contributed by atoms with van der Waals surface area (Å²) in [7, 11) is 3.89. The number of urea groups is 1. The molecular formula is C27H28F3N3O3. The Morgan fingerprint density at radius 3 is 2.31 bits per heavy atom. The van der Waals surface area contributed by atoms with Crippen LogP contribution in [0.2, 0.25) is 0 Å². The highest BCUT2D eigenvalue weighted by Crippen LogP contribution is 2.38.